The summed E-state index contributed by atoms with van der Waals surface area (Å²) in [4.78, 5) is 0. The summed E-state index contributed by atoms with van der Waals surface area (Å²) < 4.78 is 18.5. The molecule has 0 aliphatic carbocycles. The Morgan fingerprint density at radius 3 is 0.680 bits per heavy atom. The van der Waals surface area contributed by atoms with E-state index in [1.54, 1.807) is 0 Å². The van der Waals surface area contributed by atoms with Crippen molar-refractivity contribution in [3.8, 4) is 0 Å². The molecule has 0 amide bonds. The maximum atomic E-state index is 2.47. The van der Waals surface area contributed by atoms with Crippen molar-refractivity contribution < 1.29 is 86.2 Å². The van der Waals surface area contributed by atoms with Gasteiger partial charge in [0, 0.05) is 22.3 Å². The predicted octanol–water partition coefficient (Wildman–Crippen LogP) is -6.73. The first-order valence-corrected chi connectivity index (χ1v) is 16.7. The first-order chi connectivity index (χ1) is 21.3. The van der Waals surface area contributed by atoms with E-state index in [-0.39, 0.29) is 90.1 Å². The number of nitrogens with zero attached hydrogens (tertiary/aromatic N) is 8. The molecule has 0 aliphatic rings. The molecule has 0 saturated carbocycles. The number of halogens is 4. The molecule has 5 rings (SSSR count). The Labute approximate surface area is 342 Å². The lowest BCUT2D eigenvalue weighted by molar-refractivity contribution is -0.694. The summed E-state index contributed by atoms with van der Waals surface area (Å²) in [7, 11) is 0. The van der Waals surface area contributed by atoms with Gasteiger partial charge in [-0.05, 0) is 95.2 Å². The second-order valence-corrected chi connectivity index (χ2v) is 17.0. The zero-order valence-electron chi connectivity index (χ0n) is 32.0. The van der Waals surface area contributed by atoms with Gasteiger partial charge in [-0.2, -0.15) is 0 Å². The molecule has 0 fully saturated rings. The molecule has 4 heterocycles. The summed E-state index contributed by atoms with van der Waals surface area (Å²) in [5.41, 5.74) is 5.52. The number of rotatable bonds is 8. The van der Waals surface area contributed by atoms with E-state index in [2.05, 4.69) is 207 Å². The minimum Gasteiger partial charge on any atom is -1.00 e. The van der Waals surface area contributed by atoms with Gasteiger partial charge in [0.25, 0.3) is 0 Å². The Balaban J connectivity index is 0.00000312. The topological polar surface area (TPSA) is 35.2 Å². The van der Waals surface area contributed by atoms with Crippen molar-refractivity contribution in [3.63, 3.8) is 0 Å². The minimum absolute atomic E-state index is 0. The lowest BCUT2D eigenvalue weighted by atomic mass is 9.97. The SMILES string of the molecule is CC(C)(C)n1cc[n+](Cc2cc(C[n+]3ccn(C(C)(C)C)c3)c(C[n+]3ccn(C(C)(C)C)c3)cc2C[n+]2ccn(C(C)(C)C)c2)c1.[Br-].[Br-].[Br-].[Br-]. The molecular weight excluding hydrogens is 888 g/mol. The van der Waals surface area contributed by atoms with Crippen LogP contribution in [0.4, 0.5) is 0 Å². The summed E-state index contributed by atoms with van der Waals surface area (Å²) in [6.07, 6.45) is 26.5. The molecule has 0 unspecified atom stereocenters. The number of hydrogen-bond acceptors (Lipinski definition) is 0. The van der Waals surface area contributed by atoms with E-state index in [9.17, 15) is 0 Å². The Hall–Kier alpha value is -2.02. The fraction of sp³-hybridized carbons (Fsp3) is 0.526. The fourth-order valence-electron chi connectivity index (χ4n) is 5.71. The Morgan fingerprint density at radius 2 is 0.540 bits per heavy atom. The smallest absolute Gasteiger partial charge is 0.244 e. The van der Waals surface area contributed by atoms with Gasteiger partial charge < -0.3 is 67.9 Å². The molecule has 12 heteroatoms. The van der Waals surface area contributed by atoms with Gasteiger partial charge in [0.2, 0.25) is 25.3 Å². The highest BCUT2D eigenvalue weighted by molar-refractivity contribution is 5.37. The molecule has 0 atom stereocenters. The van der Waals surface area contributed by atoms with Crippen LogP contribution in [0.1, 0.15) is 105 Å². The largest absolute Gasteiger partial charge is 1.00 e. The van der Waals surface area contributed by atoms with Crippen molar-refractivity contribution in [2.45, 2.75) is 131 Å². The zero-order valence-corrected chi connectivity index (χ0v) is 38.3. The normalized spacial score (nSPS) is 12.1. The van der Waals surface area contributed by atoms with Crippen molar-refractivity contribution in [1.29, 1.82) is 0 Å². The van der Waals surface area contributed by atoms with Crippen LogP contribution in [0.3, 0.4) is 0 Å². The number of aromatic nitrogens is 8. The third-order valence-electron chi connectivity index (χ3n) is 8.80. The minimum atomic E-state index is 0. The average molecular weight is 947 g/mol. The number of imidazole rings is 4. The third kappa shape index (κ3) is 11.5. The van der Waals surface area contributed by atoms with Gasteiger partial charge in [0.15, 0.2) is 0 Å². The summed E-state index contributed by atoms with van der Waals surface area (Å²) in [5, 5.41) is 0. The van der Waals surface area contributed by atoms with E-state index in [4.69, 9.17) is 0 Å². The molecule has 0 radical (unpaired) electrons. The Kier molecular flexibility index (Phi) is 15.8. The molecule has 50 heavy (non-hydrogen) atoms. The quantitative estimate of drug-likeness (QED) is 0.139. The number of benzene rings is 1. The molecule has 0 aliphatic heterocycles. The van der Waals surface area contributed by atoms with Crippen LogP contribution in [0, 0.1) is 0 Å². The maximum Gasteiger partial charge on any atom is 0.244 e. The lowest BCUT2D eigenvalue weighted by Gasteiger charge is -2.16. The van der Waals surface area contributed by atoms with E-state index >= 15 is 0 Å². The van der Waals surface area contributed by atoms with Crippen molar-refractivity contribution in [3.05, 3.63) is 109 Å². The van der Waals surface area contributed by atoms with E-state index in [1.807, 2.05) is 0 Å². The molecule has 5 aromatic rings. The molecule has 0 spiro atoms. The van der Waals surface area contributed by atoms with Crippen LogP contribution < -0.4 is 86.2 Å². The highest BCUT2D eigenvalue weighted by Crippen LogP contribution is 2.21. The van der Waals surface area contributed by atoms with Gasteiger partial charge in [-0.15, -0.1) is 0 Å². The van der Waals surface area contributed by atoms with Gasteiger partial charge in [-0.1, -0.05) is 0 Å². The second kappa shape index (κ2) is 17.2. The molecule has 8 nitrogen and oxygen atoms in total. The fourth-order valence-corrected chi connectivity index (χ4v) is 5.71. The van der Waals surface area contributed by atoms with Gasteiger partial charge in [-0.25, -0.2) is 36.5 Å². The predicted molar refractivity (Wildman–Crippen MR) is 181 cm³/mol. The molecule has 0 saturated heterocycles. The molecule has 0 N–H and O–H groups in total. The monoisotopic (exact) mass is 942 g/mol. The molecule has 4 aromatic heterocycles. The van der Waals surface area contributed by atoms with Gasteiger partial charge in [0.1, 0.15) is 97.9 Å². The Morgan fingerprint density at radius 1 is 0.360 bits per heavy atom. The highest BCUT2D eigenvalue weighted by Gasteiger charge is 2.25. The maximum absolute atomic E-state index is 2.47. The standard InChI is InChI=1S/C38H58N8.4BrH/c1-35(2,3)43-17-13-39(27-43)23-31-21-33(25-41-15-19-45(29-41)37(7,8)9)34(26-42-16-20-46(30-42)38(10,11)12)22-32(31)24-40-14-18-44(28-40)36(4,5)6;;;;/h13-22,27-30H,23-26H2,1-12H3;4*1H/q+4;;;;/p-4. The summed E-state index contributed by atoms with van der Waals surface area (Å²) in [6.45, 7) is 30.2. The molecular formula is C38H58Br4N8. The first kappa shape index (κ1) is 46.0. The van der Waals surface area contributed by atoms with Crippen LogP contribution in [-0.4, -0.2) is 18.3 Å². The van der Waals surface area contributed by atoms with Crippen molar-refractivity contribution in [1.82, 2.24) is 18.3 Å². The van der Waals surface area contributed by atoms with Crippen LogP contribution in [0.2, 0.25) is 0 Å². The Bertz CT molecular complexity index is 1540. The highest BCUT2D eigenvalue weighted by atomic mass is 79.9. The van der Waals surface area contributed by atoms with E-state index < -0.39 is 0 Å². The van der Waals surface area contributed by atoms with Crippen molar-refractivity contribution >= 4 is 0 Å². The van der Waals surface area contributed by atoms with Gasteiger partial charge in [-0.3, -0.25) is 0 Å². The molecule has 278 valence electrons. The first-order valence-electron chi connectivity index (χ1n) is 16.7. The zero-order chi connectivity index (χ0) is 33.7. The average Bonchev–Trinajstić information content (AvgIpc) is 3.72. The van der Waals surface area contributed by atoms with Crippen LogP contribution >= 0.6 is 0 Å². The van der Waals surface area contributed by atoms with Crippen molar-refractivity contribution in [2.75, 3.05) is 0 Å². The van der Waals surface area contributed by atoms with Crippen LogP contribution in [0.25, 0.3) is 0 Å². The van der Waals surface area contributed by atoms with Gasteiger partial charge in [0.05, 0.1) is 0 Å². The summed E-state index contributed by atoms with van der Waals surface area (Å²) >= 11 is 0. The summed E-state index contributed by atoms with van der Waals surface area (Å²) in [6, 6.07) is 4.94. The molecule has 1 aromatic carbocycles. The second-order valence-electron chi connectivity index (χ2n) is 17.0. The third-order valence-corrected chi connectivity index (χ3v) is 8.80. The molecule has 0 bridgehead atoms. The van der Waals surface area contributed by atoms with Crippen LogP contribution in [0.5, 0.6) is 0 Å². The van der Waals surface area contributed by atoms with Crippen molar-refractivity contribution in [2.24, 2.45) is 0 Å². The lowest BCUT2D eigenvalue weighted by Crippen LogP contribution is -3.00. The van der Waals surface area contributed by atoms with E-state index in [0.29, 0.717) is 0 Å². The van der Waals surface area contributed by atoms with E-state index in [1.165, 1.54) is 22.3 Å². The van der Waals surface area contributed by atoms with Crippen LogP contribution in [0.15, 0.2) is 87.0 Å². The van der Waals surface area contributed by atoms with Gasteiger partial charge >= 0.3 is 0 Å². The van der Waals surface area contributed by atoms with E-state index in [0.717, 1.165) is 26.2 Å². The van der Waals surface area contributed by atoms with Crippen LogP contribution in [-0.2, 0) is 48.3 Å². The number of hydrogen-bond donors (Lipinski definition) is 0. The summed E-state index contributed by atoms with van der Waals surface area (Å²) in [5.74, 6) is 0.